The van der Waals surface area contributed by atoms with Crippen molar-refractivity contribution in [2.75, 3.05) is 7.11 Å². The highest BCUT2D eigenvalue weighted by Gasteiger charge is 2.20. The van der Waals surface area contributed by atoms with Crippen LogP contribution in [0.5, 0.6) is 5.75 Å². The van der Waals surface area contributed by atoms with E-state index in [-0.39, 0.29) is 48.0 Å². The van der Waals surface area contributed by atoms with Crippen molar-refractivity contribution in [2.45, 2.75) is 20.8 Å². The fraction of sp³-hybridized carbons (Fsp3) is 0.294. The van der Waals surface area contributed by atoms with Crippen molar-refractivity contribution in [3.63, 3.8) is 0 Å². The van der Waals surface area contributed by atoms with E-state index in [0.717, 1.165) is 5.75 Å². The molecule has 2 heterocycles. The van der Waals surface area contributed by atoms with Crippen LogP contribution in [0.1, 0.15) is 16.4 Å². The Morgan fingerprint density at radius 2 is 1.57 bits per heavy atom. The summed E-state index contributed by atoms with van der Waals surface area (Å²) in [6.07, 6.45) is 0. The first kappa shape index (κ1) is 20.6. The van der Waals surface area contributed by atoms with Gasteiger partial charge in [-0.3, -0.25) is 0 Å². The largest absolute Gasteiger partial charge is 1.00 e. The minimum atomic E-state index is 0. The van der Waals surface area contributed by atoms with Crippen molar-refractivity contribution >= 4 is 21.6 Å². The fourth-order valence-electron chi connectivity index (χ4n) is 2.78. The van der Waals surface area contributed by atoms with Gasteiger partial charge in [0.05, 0.1) is 7.11 Å². The van der Waals surface area contributed by atoms with E-state index in [1.165, 1.54) is 32.3 Å². The molecule has 0 unspecified atom stereocenters. The van der Waals surface area contributed by atoms with Crippen molar-refractivity contribution in [3.8, 4) is 11.4 Å². The number of thiazole rings is 1. The molecule has 1 aromatic carbocycles. The molecule has 0 radical (unpaired) electrons. The second-order valence-corrected chi connectivity index (χ2v) is 6.58. The van der Waals surface area contributed by atoms with Crippen LogP contribution in [0.15, 0.2) is 30.3 Å². The highest BCUT2D eigenvalue weighted by Crippen LogP contribution is 2.22. The summed E-state index contributed by atoms with van der Waals surface area (Å²) in [6, 6.07) is 10.8. The molecule has 0 aliphatic heterocycles. The van der Waals surface area contributed by atoms with E-state index in [0.29, 0.717) is 0 Å². The predicted octanol–water partition coefficient (Wildman–Crippen LogP) is -3.06. The number of ether oxygens (including phenoxy) is 1. The van der Waals surface area contributed by atoms with Gasteiger partial charge in [-0.15, -0.1) is 0 Å². The van der Waals surface area contributed by atoms with Crippen molar-refractivity contribution in [1.29, 1.82) is 0 Å². The number of pyridine rings is 1. The van der Waals surface area contributed by atoms with Crippen LogP contribution in [0.25, 0.3) is 15.9 Å². The molecule has 0 spiro atoms. The molecule has 0 bridgehead atoms. The molecule has 0 atom stereocenters. The van der Waals surface area contributed by atoms with Gasteiger partial charge in [-0.25, -0.2) is 0 Å². The lowest BCUT2D eigenvalue weighted by Gasteiger charge is -2.05. The summed E-state index contributed by atoms with van der Waals surface area (Å²) in [6.45, 7) is 6.38. The van der Waals surface area contributed by atoms with E-state index in [1.54, 1.807) is 7.11 Å². The smallest absolute Gasteiger partial charge is 0.234 e. The van der Waals surface area contributed by atoms with Gasteiger partial charge < -0.3 is 52.7 Å². The Hall–Kier alpha value is -0.480. The number of aromatic nitrogens is 2. The van der Waals surface area contributed by atoms with Gasteiger partial charge in [0.2, 0.25) is 16.2 Å². The minimum absolute atomic E-state index is 0. The van der Waals surface area contributed by atoms with Crippen LogP contribution in [0.4, 0.5) is 0 Å². The maximum Gasteiger partial charge on any atom is 0.234 e. The number of methoxy groups -OCH3 is 1. The zero-order valence-corrected chi connectivity index (χ0v) is 19.0. The first-order valence-corrected chi connectivity index (χ1v) is 7.80. The minimum Gasteiger partial charge on any atom is -1.00 e. The number of aryl methyl sites for hydroxylation is 4. The second-order valence-electron chi connectivity index (χ2n) is 5.35. The van der Waals surface area contributed by atoms with Gasteiger partial charge in [-0.2, -0.15) is 9.13 Å². The van der Waals surface area contributed by atoms with Gasteiger partial charge in [-0.05, 0) is 0 Å². The summed E-state index contributed by atoms with van der Waals surface area (Å²) in [7, 11) is 3.82. The Morgan fingerprint density at radius 3 is 2.13 bits per heavy atom. The van der Waals surface area contributed by atoms with Crippen LogP contribution < -0.4 is 61.8 Å². The molecule has 6 heteroatoms. The average molecular weight is 554 g/mol. The van der Waals surface area contributed by atoms with Crippen molar-refractivity contribution in [3.05, 3.63) is 46.7 Å². The Morgan fingerprint density at radius 1 is 0.957 bits per heavy atom. The second kappa shape index (κ2) is 8.06. The highest BCUT2D eigenvalue weighted by molar-refractivity contribution is 7.18. The molecule has 0 saturated carbocycles. The summed E-state index contributed by atoms with van der Waals surface area (Å²) in [5.41, 5.74) is 4.82. The quantitative estimate of drug-likeness (QED) is 0.243. The summed E-state index contributed by atoms with van der Waals surface area (Å²) in [4.78, 5) is 0. The third-order valence-corrected chi connectivity index (χ3v) is 5.05. The molecule has 0 aliphatic carbocycles. The molecule has 0 saturated heterocycles. The Kier molecular flexibility index (Phi) is 7.21. The first-order valence-electron chi connectivity index (χ1n) is 6.98. The van der Waals surface area contributed by atoms with Gasteiger partial charge in [0.15, 0.2) is 11.4 Å². The Labute approximate surface area is 175 Å². The molecule has 0 amide bonds. The number of hydrogen-bond donors (Lipinski definition) is 0. The van der Waals surface area contributed by atoms with Gasteiger partial charge in [0.1, 0.15) is 17.5 Å². The van der Waals surface area contributed by atoms with Gasteiger partial charge in [0.25, 0.3) is 0 Å². The first-order chi connectivity index (χ1) is 10.0. The lowest BCUT2D eigenvalue weighted by atomic mass is 10.2. The highest BCUT2D eigenvalue weighted by atomic mass is 127. The average Bonchev–Trinajstić information content (AvgIpc) is 2.73. The van der Waals surface area contributed by atoms with Crippen molar-refractivity contribution in [2.24, 2.45) is 7.05 Å². The van der Waals surface area contributed by atoms with Crippen LogP contribution in [-0.4, -0.2) is 7.11 Å². The number of fused-ring (bicyclic) bond motifs is 1. The van der Waals surface area contributed by atoms with Crippen LogP contribution in [0.2, 0.25) is 0 Å². The topological polar surface area (TPSA) is 17.0 Å². The summed E-state index contributed by atoms with van der Waals surface area (Å²) < 4.78 is 11.2. The molecule has 3 aromatic rings. The SMILES string of the molecule is COc1cc(C)[n+](-c2ccc3c(c2)sc(C)[n+]3C)c(C)c1.[I-].[I-]. The van der Waals surface area contributed by atoms with Crippen LogP contribution in [-0.2, 0) is 7.05 Å². The van der Waals surface area contributed by atoms with E-state index in [2.05, 4.69) is 67.3 Å². The normalized spacial score (nSPS) is 10.1. The molecule has 124 valence electrons. The number of rotatable bonds is 2. The zero-order chi connectivity index (χ0) is 15.1. The lowest BCUT2D eigenvalue weighted by Crippen LogP contribution is -3.00. The molecule has 0 fully saturated rings. The molecular weight excluding hydrogens is 534 g/mol. The molecular formula is C17H20I2N2OS. The molecule has 0 N–H and O–H groups in total. The van der Waals surface area contributed by atoms with E-state index < -0.39 is 0 Å². The molecule has 2 aromatic heterocycles. The Balaban J connectivity index is 0.00000132. The molecule has 0 aliphatic rings. The van der Waals surface area contributed by atoms with Crippen LogP contribution in [0.3, 0.4) is 0 Å². The van der Waals surface area contributed by atoms with E-state index >= 15 is 0 Å². The standard InChI is InChI=1S/C17H20N2OS.2HI/c1-11-8-15(20-5)9-12(2)19(11)14-6-7-16-17(10-14)21-13(3)18(16)4;;/h6-10H,1-5H3;2*1H/q+2;;/p-2. The molecule has 3 rings (SSSR count). The van der Waals surface area contributed by atoms with Crippen molar-refractivity contribution in [1.82, 2.24) is 0 Å². The van der Waals surface area contributed by atoms with Gasteiger partial charge in [0, 0.05) is 51.1 Å². The number of hydrogen-bond acceptors (Lipinski definition) is 2. The summed E-state index contributed by atoms with van der Waals surface area (Å²) in [5, 5.41) is 1.32. The van der Waals surface area contributed by atoms with E-state index in [9.17, 15) is 0 Å². The summed E-state index contributed by atoms with van der Waals surface area (Å²) >= 11 is 1.83. The van der Waals surface area contributed by atoms with E-state index in [4.69, 9.17) is 4.74 Å². The maximum absolute atomic E-state index is 5.34. The summed E-state index contributed by atoms with van der Waals surface area (Å²) in [5.74, 6) is 0.903. The van der Waals surface area contributed by atoms with Crippen LogP contribution >= 0.6 is 11.3 Å². The monoisotopic (exact) mass is 554 g/mol. The number of nitrogens with zero attached hydrogens (tertiary/aromatic N) is 2. The third kappa shape index (κ3) is 3.79. The predicted molar refractivity (Wildman–Crippen MR) is 85.3 cm³/mol. The van der Waals surface area contributed by atoms with Gasteiger partial charge >= 0.3 is 0 Å². The fourth-order valence-corrected chi connectivity index (χ4v) is 3.83. The molecule has 23 heavy (non-hydrogen) atoms. The maximum atomic E-state index is 5.34. The molecule has 3 nitrogen and oxygen atoms in total. The van der Waals surface area contributed by atoms with Crippen LogP contribution in [0, 0.1) is 20.8 Å². The number of halogens is 2. The van der Waals surface area contributed by atoms with E-state index in [1.807, 2.05) is 11.3 Å². The zero-order valence-electron chi connectivity index (χ0n) is 13.9. The third-order valence-electron chi connectivity index (χ3n) is 3.94. The van der Waals surface area contributed by atoms with Gasteiger partial charge in [-0.1, -0.05) is 11.3 Å². The lowest BCUT2D eigenvalue weighted by molar-refractivity contribution is -0.646. The van der Waals surface area contributed by atoms with Crippen molar-refractivity contribution < 1.29 is 61.8 Å². The number of benzene rings is 1. The Bertz CT molecular complexity index is 823.